The van der Waals surface area contributed by atoms with Crippen LogP contribution in [0.4, 0.5) is 0 Å². The first kappa shape index (κ1) is 13.7. The summed E-state index contributed by atoms with van der Waals surface area (Å²) < 4.78 is 2.02. The highest BCUT2D eigenvalue weighted by Gasteiger charge is 2.15. The molecule has 0 aliphatic rings. The van der Waals surface area contributed by atoms with Crippen molar-refractivity contribution in [3.8, 4) is 0 Å². The van der Waals surface area contributed by atoms with Crippen molar-refractivity contribution in [3.63, 3.8) is 0 Å². The Morgan fingerprint density at radius 3 is 2.84 bits per heavy atom. The van der Waals surface area contributed by atoms with Crippen LogP contribution in [0.2, 0.25) is 0 Å². The SMILES string of the molecule is CCc1cccnc1C(N)Cc1cc(C)nn1CC. The van der Waals surface area contributed by atoms with Crippen LogP contribution >= 0.6 is 0 Å². The van der Waals surface area contributed by atoms with Gasteiger partial charge in [-0.1, -0.05) is 13.0 Å². The smallest absolute Gasteiger partial charge is 0.0606 e. The average molecular weight is 258 g/mol. The zero-order valence-electron chi connectivity index (χ0n) is 11.9. The van der Waals surface area contributed by atoms with Gasteiger partial charge in [0.25, 0.3) is 0 Å². The van der Waals surface area contributed by atoms with Gasteiger partial charge < -0.3 is 5.73 Å². The second-order valence-corrected chi connectivity index (χ2v) is 4.80. The lowest BCUT2D eigenvalue weighted by atomic mass is 10.0. The maximum absolute atomic E-state index is 6.33. The van der Waals surface area contributed by atoms with Crippen LogP contribution in [0.1, 0.15) is 42.5 Å². The maximum Gasteiger partial charge on any atom is 0.0606 e. The molecule has 0 fully saturated rings. The van der Waals surface area contributed by atoms with Crippen molar-refractivity contribution in [2.45, 2.75) is 46.2 Å². The number of nitrogens with two attached hydrogens (primary N) is 1. The molecule has 0 saturated heterocycles. The van der Waals surface area contributed by atoms with E-state index in [0.29, 0.717) is 0 Å². The van der Waals surface area contributed by atoms with Crippen LogP contribution in [0.25, 0.3) is 0 Å². The minimum Gasteiger partial charge on any atom is -0.322 e. The molecule has 0 aliphatic heterocycles. The third kappa shape index (κ3) is 3.01. The molecule has 102 valence electrons. The van der Waals surface area contributed by atoms with Gasteiger partial charge >= 0.3 is 0 Å². The van der Waals surface area contributed by atoms with Crippen LogP contribution in [0.3, 0.4) is 0 Å². The Morgan fingerprint density at radius 2 is 2.16 bits per heavy atom. The van der Waals surface area contributed by atoms with Crippen LogP contribution in [0.5, 0.6) is 0 Å². The lowest BCUT2D eigenvalue weighted by Gasteiger charge is -2.15. The van der Waals surface area contributed by atoms with Crippen molar-refractivity contribution >= 4 is 0 Å². The number of aryl methyl sites for hydroxylation is 3. The molecule has 4 nitrogen and oxygen atoms in total. The molecule has 0 saturated carbocycles. The zero-order valence-corrected chi connectivity index (χ0v) is 11.9. The van der Waals surface area contributed by atoms with Crippen molar-refractivity contribution in [3.05, 3.63) is 47.0 Å². The molecule has 0 aliphatic carbocycles. The van der Waals surface area contributed by atoms with Crippen molar-refractivity contribution in [1.29, 1.82) is 0 Å². The first-order valence-electron chi connectivity index (χ1n) is 6.88. The van der Waals surface area contributed by atoms with Gasteiger partial charge in [-0.05, 0) is 38.0 Å². The third-order valence-electron chi connectivity index (χ3n) is 3.37. The Hall–Kier alpha value is -1.68. The lowest BCUT2D eigenvalue weighted by Crippen LogP contribution is -2.19. The molecule has 2 N–H and O–H groups in total. The van der Waals surface area contributed by atoms with Gasteiger partial charge in [-0.3, -0.25) is 9.67 Å². The van der Waals surface area contributed by atoms with Crippen molar-refractivity contribution in [2.24, 2.45) is 5.73 Å². The minimum absolute atomic E-state index is 0.0717. The van der Waals surface area contributed by atoms with Gasteiger partial charge in [0.1, 0.15) is 0 Å². The summed E-state index contributed by atoms with van der Waals surface area (Å²) in [7, 11) is 0. The molecule has 19 heavy (non-hydrogen) atoms. The molecule has 4 heteroatoms. The van der Waals surface area contributed by atoms with E-state index in [9.17, 15) is 0 Å². The number of nitrogens with zero attached hydrogens (tertiary/aromatic N) is 3. The first-order chi connectivity index (χ1) is 9.15. The molecule has 0 spiro atoms. The molecule has 0 radical (unpaired) electrons. The summed E-state index contributed by atoms with van der Waals surface area (Å²) in [5.74, 6) is 0. The monoisotopic (exact) mass is 258 g/mol. The van der Waals surface area contributed by atoms with Gasteiger partial charge in [-0.15, -0.1) is 0 Å². The molecule has 2 aromatic heterocycles. The molecule has 1 atom stereocenters. The zero-order chi connectivity index (χ0) is 13.8. The Balaban J connectivity index is 2.22. The second-order valence-electron chi connectivity index (χ2n) is 4.80. The largest absolute Gasteiger partial charge is 0.322 e. The third-order valence-corrected chi connectivity index (χ3v) is 3.37. The van der Waals surface area contributed by atoms with Crippen LogP contribution in [0, 0.1) is 6.92 Å². The molecular weight excluding hydrogens is 236 g/mol. The van der Waals surface area contributed by atoms with E-state index in [4.69, 9.17) is 5.73 Å². The predicted octanol–water partition coefficient (Wildman–Crippen LogP) is 2.41. The standard InChI is InChI=1S/C15H22N4/c1-4-12-7-6-8-17-15(12)14(16)10-13-9-11(3)18-19(13)5-2/h6-9,14H,4-5,10,16H2,1-3H3. The van der Waals surface area contributed by atoms with E-state index >= 15 is 0 Å². The van der Waals surface area contributed by atoms with E-state index in [-0.39, 0.29) is 6.04 Å². The van der Waals surface area contributed by atoms with Gasteiger partial charge in [0.2, 0.25) is 0 Å². The van der Waals surface area contributed by atoms with E-state index in [2.05, 4.69) is 36.1 Å². The number of hydrogen-bond acceptors (Lipinski definition) is 3. The summed E-state index contributed by atoms with van der Waals surface area (Å²) in [4.78, 5) is 4.45. The number of hydrogen-bond donors (Lipinski definition) is 1. The fraction of sp³-hybridized carbons (Fsp3) is 0.467. The fourth-order valence-electron chi connectivity index (χ4n) is 2.44. The number of aromatic nitrogens is 3. The summed E-state index contributed by atoms with van der Waals surface area (Å²) in [5.41, 5.74) is 10.8. The van der Waals surface area contributed by atoms with E-state index in [1.165, 1.54) is 11.3 Å². The second kappa shape index (κ2) is 5.97. The summed E-state index contributed by atoms with van der Waals surface area (Å²) in [5, 5.41) is 4.46. The van der Waals surface area contributed by atoms with Gasteiger partial charge in [-0.25, -0.2) is 0 Å². The molecule has 0 aromatic carbocycles. The molecule has 2 heterocycles. The normalized spacial score (nSPS) is 12.6. The van der Waals surface area contributed by atoms with Crippen molar-refractivity contribution in [1.82, 2.24) is 14.8 Å². The number of rotatable bonds is 5. The van der Waals surface area contributed by atoms with E-state index < -0.39 is 0 Å². The van der Waals surface area contributed by atoms with Crippen molar-refractivity contribution < 1.29 is 0 Å². The first-order valence-corrected chi connectivity index (χ1v) is 6.88. The highest BCUT2D eigenvalue weighted by atomic mass is 15.3. The fourth-order valence-corrected chi connectivity index (χ4v) is 2.44. The van der Waals surface area contributed by atoms with Crippen LogP contribution in [-0.4, -0.2) is 14.8 Å². The Labute approximate surface area is 114 Å². The molecular formula is C15H22N4. The Kier molecular flexibility index (Phi) is 4.32. The number of pyridine rings is 1. The quantitative estimate of drug-likeness (QED) is 0.896. The lowest BCUT2D eigenvalue weighted by molar-refractivity contribution is 0.580. The molecule has 2 rings (SSSR count). The van der Waals surface area contributed by atoms with Crippen LogP contribution in [-0.2, 0) is 19.4 Å². The average Bonchev–Trinajstić information content (AvgIpc) is 2.78. The maximum atomic E-state index is 6.33. The van der Waals surface area contributed by atoms with E-state index in [1.807, 2.05) is 23.9 Å². The van der Waals surface area contributed by atoms with Crippen LogP contribution < -0.4 is 5.73 Å². The Morgan fingerprint density at radius 1 is 1.37 bits per heavy atom. The van der Waals surface area contributed by atoms with Crippen molar-refractivity contribution in [2.75, 3.05) is 0 Å². The summed E-state index contributed by atoms with van der Waals surface area (Å²) in [6.07, 6.45) is 3.55. The van der Waals surface area contributed by atoms with Gasteiger partial charge in [0.15, 0.2) is 0 Å². The minimum atomic E-state index is -0.0717. The molecule has 1 unspecified atom stereocenters. The van der Waals surface area contributed by atoms with Gasteiger partial charge in [0, 0.05) is 24.9 Å². The van der Waals surface area contributed by atoms with E-state index in [0.717, 1.165) is 30.8 Å². The molecule has 0 bridgehead atoms. The predicted molar refractivity (Wildman–Crippen MR) is 76.9 cm³/mol. The van der Waals surface area contributed by atoms with Gasteiger partial charge in [-0.2, -0.15) is 5.10 Å². The Bertz CT molecular complexity index is 545. The summed E-state index contributed by atoms with van der Waals surface area (Å²) in [6, 6.07) is 6.11. The summed E-state index contributed by atoms with van der Waals surface area (Å²) in [6.45, 7) is 7.12. The highest BCUT2D eigenvalue weighted by molar-refractivity contribution is 5.24. The van der Waals surface area contributed by atoms with E-state index in [1.54, 1.807) is 0 Å². The van der Waals surface area contributed by atoms with Crippen LogP contribution in [0.15, 0.2) is 24.4 Å². The summed E-state index contributed by atoms with van der Waals surface area (Å²) >= 11 is 0. The molecule has 0 amide bonds. The highest BCUT2D eigenvalue weighted by Crippen LogP contribution is 2.19. The topological polar surface area (TPSA) is 56.7 Å². The van der Waals surface area contributed by atoms with Gasteiger partial charge in [0.05, 0.1) is 17.4 Å². The molecule has 2 aromatic rings.